The fraction of sp³-hybridized carbons (Fsp3) is 0.0556. The summed E-state index contributed by atoms with van der Waals surface area (Å²) in [6.45, 7) is 0. The lowest BCUT2D eigenvalue weighted by molar-refractivity contribution is -0.464. The number of amides is 3. The zero-order valence-electron chi connectivity index (χ0n) is 14.7. The van der Waals surface area contributed by atoms with Gasteiger partial charge in [-0.05, 0) is 48.5 Å². The number of carbonyl (C=O) groups excluding carboxylic acids is 3. The monoisotopic (exact) mass is 433 g/mol. The minimum atomic E-state index is -1.51. The van der Waals surface area contributed by atoms with Gasteiger partial charge in [-0.25, -0.2) is 4.90 Å². The van der Waals surface area contributed by atoms with Crippen LogP contribution >= 0.6 is 23.2 Å². The fourth-order valence-corrected chi connectivity index (χ4v) is 2.89. The highest BCUT2D eigenvalue weighted by atomic mass is 35.5. The lowest BCUT2D eigenvalue weighted by Gasteiger charge is -2.14. The van der Waals surface area contributed by atoms with Gasteiger partial charge < -0.3 is 5.32 Å². The van der Waals surface area contributed by atoms with E-state index in [0.29, 0.717) is 15.7 Å². The Morgan fingerprint density at radius 2 is 1.55 bits per heavy atom. The smallest absolute Gasteiger partial charge is 0.325 e. The van der Waals surface area contributed by atoms with Crippen molar-refractivity contribution < 1.29 is 19.5 Å². The molecular weight excluding hydrogens is 419 g/mol. The SMILES string of the molecule is NC(N)=[NH+]N=C1C(=O)N(c2ccc(Cl)cc2)C(=O)C1C(=O)Nc1ccc(Cl)cc1. The van der Waals surface area contributed by atoms with Crippen LogP contribution in [0.4, 0.5) is 11.4 Å². The van der Waals surface area contributed by atoms with Gasteiger partial charge in [0.1, 0.15) is 0 Å². The third-order valence-electron chi connectivity index (χ3n) is 3.93. The number of halogens is 2. The molecule has 0 spiro atoms. The number of rotatable bonds is 4. The number of hydrogen-bond acceptors (Lipinski definition) is 4. The molecule has 148 valence electrons. The van der Waals surface area contributed by atoms with Gasteiger partial charge in [0.25, 0.3) is 11.8 Å². The first-order chi connectivity index (χ1) is 13.8. The van der Waals surface area contributed by atoms with Crippen LogP contribution in [0, 0.1) is 5.92 Å². The highest BCUT2D eigenvalue weighted by molar-refractivity contribution is 6.61. The van der Waals surface area contributed by atoms with E-state index in [-0.39, 0.29) is 17.4 Å². The van der Waals surface area contributed by atoms with E-state index in [4.69, 9.17) is 34.7 Å². The Kier molecular flexibility index (Phi) is 5.81. The zero-order chi connectivity index (χ0) is 21.1. The molecule has 1 aliphatic rings. The number of nitrogens with one attached hydrogen (secondary N) is 2. The molecule has 3 rings (SSSR count). The van der Waals surface area contributed by atoms with E-state index in [1.54, 1.807) is 24.3 Å². The first kappa shape index (κ1) is 20.3. The summed E-state index contributed by atoms with van der Waals surface area (Å²) in [4.78, 5) is 39.4. The van der Waals surface area contributed by atoms with Crippen LogP contribution in [0.3, 0.4) is 0 Å². The van der Waals surface area contributed by atoms with Crippen LogP contribution in [-0.4, -0.2) is 29.4 Å². The van der Waals surface area contributed by atoms with Crippen LogP contribution in [-0.2, 0) is 14.4 Å². The summed E-state index contributed by atoms with van der Waals surface area (Å²) in [5.74, 6) is -4.14. The molecule has 2 aromatic carbocycles. The highest BCUT2D eigenvalue weighted by Gasteiger charge is 2.50. The van der Waals surface area contributed by atoms with Crippen molar-refractivity contribution in [3.8, 4) is 0 Å². The van der Waals surface area contributed by atoms with Gasteiger partial charge in [-0.15, -0.1) is 5.10 Å². The summed E-state index contributed by atoms with van der Waals surface area (Å²) < 4.78 is 0. The lowest BCUT2D eigenvalue weighted by Crippen LogP contribution is -2.73. The van der Waals surface area contributed by atoms with E-state index in [1.165, 1.54) is 24.3 Å². The number of carbonyl (C=O) groups is 3. The molecule has 1 unspecified atom stereocenters. The van der Waals surface area contributed by atoms with Crippen LogP contribution in [0.2, 0.25) is 10.0 Å². The maximum atomic E-state index is 13.0. The van der Waals surface area contributed by atoms with E-state index in [2.05, 4.69) is 15.5 Å². The molecule has 1 saturated heterocycles. The first-order valence-corrected chi connectivity index (χ1v) is 8.95. The van der Waals surface area contributed by atoms with Crippen LogP contribution in [0.5, 0.6) is 0 Å². The molecule has 0 radical (unpaired) electrons. The van der Waals surface area contributed by atoms with E-state index >= 15 is 0 Å². The van der Waals surface area contributed by atoms with Gasteiger partial charge in [0.15, 0.2) is 11.6 Å². The van der Waals surface area contributed by atoms with Crippen LogP contribution < -0.4 is 26.8 Å². The number of benzene rings is 2. The molecule has 2 aromatic rings. The van der Waals surface area contributed by atoms with Crippen molar-refractivity contribution in [2.75, 3.05) is 10.2 Å². The van der Waals surface area contributed by atoms with E-state index in [0.717, 1.165) is 4.90 Å². The molecule has 6 N–H and O–H groups in total. The molecule has 1 atom stereocenters. The van der Waals surface area contributed by atoms with Crippen molar-refractivity contribution in [3.05, 3.63) is 58.6 Å². The third-order valence-corrected chi connectivity index (χ3v) is 4.43. The number of imide groups is 1. The molecule has 0 aromatic heterocycles. The summed E-state index contributed by atoms with van der Waals surface area (Å²) in [6.07, 6.45) is 0. The molecule has 0 aliphatic carbocycles. The van der Waals surface area contributed by atoms with Crippen molar-refractivity contribution in [2.24, 2.45) is 22.5 Å². The maximum Gasteiger partial charge on any atom is 0.362 e. The molecule has 0 saturated carbocycles. The number of hydrazone groups is 1. The second kappa shape index (κ2) is 8.29. The fourth-order valence-electron chi connectivity index (χ4n) is 2.64. The molecule has 0 bridgehead atoms. The minimum Gasteiger partial charge on any atom is -0.325 e. The number of anilines is 2. The Labute approximate surface area is 175 Å². The second-order valence-corrected chi connectivity index (χ2v) is 6.82. The number of nitrogens with zero attached hydrogens (tertiary/aromatic N) is 2. The van der Waals surface area contributed by atoms with Crippen molar-refractivity contribution in [2.45, 2.75) is 0 Å². The summed E-state index contributed by atoms with van der Waals surface area (Å²) in [5, 5.41) is 9.45. The molecule has 29 heavy (non-hydrogen) atoms. The highest BCUT2D eigenvalue weighted by Crippen LogP contribution is 2.27. The minimum absolute atomic E-state index is 0.239. The van der Waals surface area contributed by atoms with Gasteiger partial charge in [-0.1, -0.05) is 23.2 Å². The van der Waals surface area contributed by atoms with Crippen molar-refractivity contribution in [1.82, 2.24) is 0 Å². The Balaban J connectivity index is 1.98. The van der Waals surface area contributed by atoms with Crippen molar-refractivity contribution in [3.63, 3.8) is 0 Å². The average Bonchev–Trinajstić information content (AvgIpc) is 2.92. The predicted molar refractivity (Wildman–Crippen MR) is 109 cm³/mol. The predicted octanol–water partition coefficient (Wildman–Crippen LogP) is -0.168. The summed E-state index contributed by atoms with van der Waals surface area (Å²) in [7, 11) is 0. The Hall–Kier alpha value is -3.43. The average molecular weight is 434 g/mol. The molecule has 1 heterocycles. The van der Waals surface area contributed by atoms with Gasteiger partial charge in [0.2, 0.25) is 5.91 Å². The second-order valence-electron chi connectivity index (χ2n) is 5.95. The standard InChI is InChI=1S/C18H14Cl2N6O3/c19-9-1-5-11(6-2-9)23-15(27)13-14(24-25-18(21)22)17(29)26(16(13)28)12-7-3-10(20)4-8-12/h1-8,13H,(H,23,27)(H4,21,22,25)/p+1. The number of guanidine groups is 1. The van der Waals surface area contributed by atoms with Crippen LogP contribution in [0.25, 0.3) is 0 Å². The van der Waals surface area contributed by atoms with Crippen molar-refractivity contribution >= 4 is 64.0 Å². The summed E-state index contributed by atoms with van der Waals surface area (Å²) in [6, 6.07) is 12.2. The molecule has 3 amide bonds. The molecule has 1 aliphatic heterocycles. The van der Waals surface area contributed by atoms with Gasteiger partial charge >= 0.3 is 5.96 Å². The Bertz CT molecular complexity index is 1030. The van der Waals surface area contributed by atoms with E-state index < -0.39 is 23.6 Å². The van der Waals surface area contributed by atoms with Gasteiger partial charge in [-0.3, -0.25) is 25.9 Å². The van der Waals surface area contributed by atoms with Gasteiger partial charge in [-0.2, -0.15) is 5.10 Å². The normalized spacial score (nSPS) is 17.5. The summed E-state index contributed by atoms with van der Waals surface area (Å²) >= 11 is 11.7. The van der Waals surface area contributed by atoms with Crippen LogP contribution in [0.1, 0.15) is 0 Å². The molecular formula is C18H15Cl2N6O3+. The largest absolute Gasteiger partial charge is 0.362 e. The molecule has 1 fully saturated rings. The zero-order valence-corrected chi connectivity index (χ0v) is 16.2. The third kappa shape index (κ3) is 4.36. The Morgan fingerprint density at radius 3 is 2.10 bits per heavy atom. The summed E-state index contributed by atoms with van der Waals surface area (Å²) in [5.41, 5.74) is 10.9. The maximum absolute atomic E-state index is 13.0. The van der Waals surface area contributed by atoms with E-state index in [9.17, 15) is 14.4 Å². The number of nitrogens with two attached hydrogens (primary N) is 2. The van der Waals surface area contributed by atoms with E-state index in [1.807, 2.05) is 0 Å². The van der Waals surface area contributed by atoms with Crippen LogP contribution in [0.15, 0.2) is 53.6 Å². The van der Waals surface area contributed by atoms with Gasteiger partial charge in [0.05, 0.1) is 5.69 Å². The number of hydrogen-bond donors (Lipinski definition) is 4. The quantitative estimate of drug-likeness (QED) is 0.174. The van der Waals surface area contributed by atoms with Gasteiger partial charge in [0, 0.05) is 15.7 Å². The van der Waals surface area contributed by atoms with Crippen molar-refractivity contribution in [1.29, 1.82) is 0 Å². The lowest BCUT2D eigenvalue weighted by atomic mass is 10.1. The first-order valence-electron chi connectivity index (χ1n) is 8.19. The molecule has 11 heteroatoms. The Morgan fingerprint density at radius 1 is 1.00 bits per heavy atom. The topological polar surface area (TPSA) is 145 Å². The molecule has 9 nitrogen and oxygen atoms in total.